The molecule has 1 aromatic heterocycles. The number of aryl methyl sites for hydroxylation is 2. The van der Waals surface area contributed by atoms with Crippen LogP contribution in [0.5, 0.6) is 0 Å². The molecule has 1 aromatic rings. The summed E-state index contributed by atoms with van der Waals surface area (Å²) in [4.78, 5) is 0. The summed E-state index contributed by atoms with van der Waals surface area (Å²) in [5.41, 5.74) is 3.26. The Morgan fingerprint density at radius 3 is 2.81 bits per heavy atom. The van der Waals surface area contributed by atoms with Crippen LogP contribution in [0.15, 0.2) is 18.7 Å². The Labute approximate surface area is 98.0 Å². The van der Waals surface area contributed by atoms with Crippen LogP contribution in [-0.2, 0) is 0 Å². The third-order valence-corrected chi connectivity index (χ3v) is 2.76. The molecule has 88 valence electrons. The fraction of sp³-hybridized carbons (Fsp3) is 0.538. The molecule has 0 aliphatic carbocycles. The van der Waals surface area contributed by atoms with Gasteiger partial charge in [-0.1, -0.05) is 6.08 Å². The maximum Gasteiger partial charge on any atom is 0.0648 e. The number of unbranched alkanes of at least 4 members (excludes halogenated alkanes) is 1. The van der Waals surface area contributed by atoms with Crippen molar-refractivity contribution in [3.8, 4) is 0 Å². The Morgan fingerprint density at radius 2 is 2.19 bits per heavy atom. The molecule has 0 spiro atoms. The molecule has 1 unspecified atom stereocenters. The van der Waals surface area contributed by atoms with E-state index in [1.54, 1.807) is 0 Å². The summed E-state index contributed by atoms with van der Waals surface area (Å²) >= 11 is 0. The second kappa shape index (κ2) is 6.38. The molecule has 3 heteroatoms. The summed E-state index contributed by atoms with van der Waals surface area (Å²) in [6, 6.07) is 2.49. The predicted molar refractivity (Wildman–Crippen MR) is 67.4 cm³/mol. The highest BCUT2D eigenvalue weighted by molar-refractivity contribution is 5.23. The molecule has 0 saturated carbocycles. The first-order valence-electron chi connectivity index (χ1n) is 5.78. The normalized spacial score (nSPS) is 12.4. The van der Waals surface area contributed by atoms with E-state index in [0.29, 0.717) is 6.04 Å². The zero-order valence-corrected chi connectivity index (χ0v) is 10.5. The molecule has 0 aromatic carbocycles. The third kappa shape index (κ3) is 3.42. The van der Waals surface area contributed by atoms with Gasteiger partial charge in [-0.05, 0) is 51.8 Å². The van der Waals surface area contributed by atoms with Crippen molar-refractivity contribution >= 4 is 0 Å². The summed E-state index contributed by atoms with van der Waals surface area (Å²) in [6.07, 6.45) is 5.29. The van der Waals surface area contributed by atoms with E-state index in [-0.39, 0.29) is 0 Å². The molecule has 0 amide bonds. The zero-order chi connectivity index (χ0) is 12.0. The van der Waals surface area contributed by atoms with Gasteiger partial charge in [-0.25, -0.2) is 0 Å². The van der Waals surface area contributed by atoms with E-state index in [0.717, 1.165) is 30.7 Å². The summed E-state index contributed by atoms with van der Waals surface area (Å²) in [6.45, 7) is 7.74. The van der Waals surface area contributed by atoms with Gasteiger partial charge in [-0.15, -0.1) is 6.58 Å². The number of nitrogens with one attached hydrogen (secondary N) is 1. The quantitative estimate of drug-likeness (QED) is 0.590. The Morgan fingerprint density at radius 1 is 1.44 bits per heavy atom. The molecule has 3 nitrogen and oxygen atoms in total. The minimum atomic E-state index is 0.370. The molecule has 0 aliphatic heterocycles. The molecule has 1 N–H and O–H groups in total. The van der Waals surface area contributed by atoms with Gasteiger partial charge in [0, 0.05) is 6.04 Å². The lowest BCUT2D eigenvalue weighted by Gasteiger charge is -2.18. The first-order chi connectivity index (χ1) is 7.69. The standard InChI is InChI=1S/C13H21N3/c1-5-6-7-8-13(14-4)12-9-10(2)15-16-11(12)3/h5,9,13-14H,1,6-8H2,2-4H3. The molecule has 0 saturated heterocycles. The SMILES string of the molecule is C=CCCCC(NC)c1cc(C)nnc1C. The van der Waals surface area contributed by atoms with Crippen LogP contribution in [0.2, 0.25) is 0 Å². The lowest BCUT2D eigenvalue weighted by atomic mass is 10.00. The molecule has 16 heavy (non-hydrogen) atoms. The van der Waals surface area contributed by atoms with E-state index in [2.05, 4.69) is 28.2 Å². The first-order valence-corrected chi connectivity index (χ1v) is 5.78. The molecule has 1 heterocycles. The monoisotopic (exact) mass is 219 g/mol. The summed E-state index contributed by atoms with van der Waals surface area (Å²) < 4.78 is 0. The van der Waals surface area contributed by atoms with Gasteiger partial charge in [0.2, 0.25) is 0 Å². The predicted octanol–water partition coefficient (Wildman–Crippen LogP) is 2.71. The van der Waals surface area contributed by atoms with Gasteiger partial charge in [0.1, 0.15) is 0 Å². The first kappa shape index (κ1) is 12.8. The molecular weight excluding hydrogens is 198 g/mol. The van der Waals surface area contributed by atoms with E-state index >= 15 is 0 Å². The number of rotatable bonds is 6. The van der Waals surface area contributed by atoms with Gasteiger partial charge >= 0.3 is 0 Å². The van der Waals surface area contributed by atoms with Crippen LogP contribution in [0.1, 0.15) is 42.3 Å². The molecule has 0 bridgehead atoms. The Hall–Kier alpha value is -1.22. The Balaban J connectivity index is 2.77. The van der Waals surface area contributed by atoms with Crippen LogP contribution in [0, 0.1) is 13.8 Å². The second-order valence-corrected chi connectivity index (χ2v) is 4.09. The fourth-order valence-electron chi connectivity index (χ4n) is 1.84. The minimum absolute atomic E-state index is 0.370. The van der Waals surface area contributed by atoms with Gasteiger partial charge in [-0.2, -0.15) is 10.2 Å². The van der Waals surface area contributed by atoms with E-state index in [1.807, 2.05) is 27.0 Å². The number of allylic oxidation sites excluding steroid dienone is 1. The topological polar surface area (TPSA) is 37.8 Å². The van der Waals surface area contributed by atoms with Crippen molar-refractivity contribution in [1.82, 2.24) is 15.5 Å². The van der Waals surface area contributed by atoms with Crippen molar-refractivity contribution in [2.45, 2.75) is 39.2 Å². The largest absolute Gasteiger partial charge is 0.313 e. The van der Waals surface area contributed by atoms with Crippen LogP contribution in [0.3, 0.4) is 0 Å². The summed E-state index contributed by atoms with van der Waals surface area (Å²) in [5, 5.41) is 11.6. The molecule has 1 rings (SSSR count). The van der Waals surface area contributed by atoms with Crippen LogP contribution < -0.4 is 5.32 Å². The smallest absolute Gasteiger partial charge is 0.0648 e. The van der Waals surface area contributed by atoms with Crippen LogP contribution in [0.4, 0.5) is 0 Å². The number of aromatic nitrogens is 2. The Kier molecular flexibility index (Phi) is 5.12. The van der Waals surface area contributed by atoms with Crippen molar-refractivity contribution in [2.75, 3.05) is 7.05 Å². The van der Waals surface area contributed by atoms with Gasteiger partial charge in [-0.3, -0.25) is 0 Å². The minimum Gasteiger partial charge on any atom is -0.313 e. The van der Waals surface area contributed by atoms with E-state index in [4.69, 9.17) is 0 Å². The number of nitrogens with zero attached hydrogens (tertiary/aromatic N) is 2. The summed E-state index contributed by atoms with van der Waals surface area (Å²) in [5.74, 6) is 0. The average Bonchev–Trinajstić information content (AvgIpc) is 2.28. The highest BCUT2D eigenvalue weighted by Crippen LogP contribution is 2.21. The molecule has 0 radical (unpaired) electrons. The maximum absolute atomic E-state index is 4.17. The van der Waals surface area contributed by atoms with Gasteiger partial charge in [0.05, 0.1) is 11.4 Å². The van der Waals surface area contributed by atoms with Crippen molar-refractivity contribution < 1.29 is 0 Å². The van der Waals surface area contributed by atoms with Crippen LogP contribution in [0.25, 0.3) is 0 Å². The molecule has 0 aliphatic rings. The highest BCUT2D eigenvalue weighted by Gasteiger charge is 2.12. The number of hydrogen-bond acceptors (Lipinski definition) is 3. The lowest BCUT2D eigenvalue weighted by molar-refractivity contribution is 0.523. The summed E-state index contributed by atoms with van der Waals surface area (Å²) in [7, 11) is 1.99. The van der Waals surface area contributed by atoms with Crippen molar-refractivity contribution in [3.05, 3.63) is 35.7 Å². The molecular formula is C13H21N3. The van der Waals surface area contributed by atoms with E-state index in [1.165, 1.54) is 5.56 Å². The zero-order valence-electron chi connectivity index (χ0n) is 10.5. The second-order valence-electron chi connectivity index (χ2n) is 4.09. The Bertz CT molecular complexity index is 347. The average molecular weight is 219 g/mol. The fourth-order valence-corrected chi connectivity index (χ4v) is 1.84. The molecule has 0 fully saturated rings. The van der Waals surface area contributed by atoms with Gasteiger partial charge in [0.25, 0.3) is 0 Å². The van der Waals surface area contributed by atoms with E-state index in [9.17, 15) is 0 Å². The number of hydrogen-bond donors (Lipinski definition) is 1. The highest BCUT2D eigenvalue weighted by atomic mass is 15.1. The van der Waals surface area contributed by atoms with Crippen LogP contribution in [-0.4, -0.2) is 17.2 Å². The van der Waals surface area contributed by atoms with Crippen LogP contribution >= 0.6 is 0 Å². The van der Waals surface area contributed by atoms with Crippen molar-refractivity contribution in [3.63, 3.8) is 0 Å². The molecule has 1 atom stereocenters. The maximum atomic E-state index is 4.17. The van der Waals surface area contributed by atoms with E-state index < -0.39 is 0 Å². The van der Waals surface area contributed by atoms with Gasteiger partial charge < -0.3 is 5.32 Å². The van der Waals surface area contributed by atoms with Crippen molar-refractivity contribution in [2.24, 2.45) is 0 Å². The lowest BCUT2D eigenvalue weighted by Crippen LogP contribution is -2.18. The van der Waals surface area contributed by atoms with Crippen molar-refractivity contribution in [1.29, 1.82) is 0 Å². The third-order valence-electron chi connectivity index (χ3n) is 2.76. The van der Waals surface area contributed by atoms with Gasteiger partial charge in [0.15, 0.2) is 0 Å².